The van der Waals surface area contributed by atoms with Gasteiger partial charge in [-0.05, 0) is 54.1 Å². The van der Waals surface area contributed by atoms with Crippen molar-refractivity contribution in [1.82, 2.24) is 19.7 Å². The first-order valence-electron chi connectivity index (χ1n) is 10.6. The van der Waals surface area contributed by atoms with E-state index in [9.17, 15) is 13.6 Å². The van der Waals surface area contributed by atoms with Gasteiger partial charge in [0, 0.05) is 29.7 Å². The van der Waals surface area contributed by atoms with E-state index >= 15 is 0 Å². The summed E-state index contributed by atoms with van der Waals surface area (Å²) in [5.41, 5.74) is 3.08. The molecule has 5 aromatic rings. The average molecular weight is 472 g/mol. The molecule has 0 unspecified atom stereocenters. The minimum atomic E-state index is -0.430. The molecule has 2 N–H and O–H groups in total. The van der Waals surface area contributed by atoms with E-state index in [0.29, 0.717) is 29.2 Å². The van der Waals surface area contributed by atoms with E-state index in [1.54, 1.807) is 36.8 Å². The molecule has 0 saturated heterocycles. The Hall–Kier alpha value is -4.86. The molecule has 0 fully saturated rings. The Balaban J connectivity index is 1.20. The van der Waals surface area contributed by atoms with Crippen molar-refractivity contribution in [3.05, 3.63) is 103 Å². The summed E-state index contributed by atoms with van der Waals surface area (Å²) in [4.78, 5) is 20.7. The predicted octanol–water partition coefficient (Wildman–Crippen LogP) is 5.57. The molecule has 2 heterocycles. The first-order chi connectivity index (χ1) is 17.0. The number of urea groups is 1. The summed E-state index contributed by atoms with van der Waals surface area (Å²) in [5, 5.41) is 9.27. The van der Waals surface area contributed by atoms with Gasteiger partial charge in [-0.15, -0.1) is 0 Å². The van der Waals surface area contributed by atoms with Crippen LogP contribution in [0.2, 0.25) is 0 Å². The van der Waals surface area contributed by atoms with Crippen LogP contribution in [0.3, 0.4) is 0 Å². The zero-order chi connectivity index (χ0) is 24.2. The molecule has 2 amide bonds. The zero-order valence-electron chi connectivity index (χ0n) is 18.2. The molecular weight excluding hydrogens is 454 g/mol. The van der Waals surface area contributed by atoms with Crippen LogP contribution in [-0.4, -0.2) is 25.7 Å². The number of carbonyl (C=O) groups is 1. The van der Waals surface area contributed by atoms with Gasteiger partial charge in [0.05, 0.1) is 6.33 Å². The van der Waals surface area contributed by atoms with Gasteiger partial charge in [-0.25, -0.2) is 18.6 Å². The van der Waals surface area contributed by atoms with Crippen LogP contribution in [0.25, 0.3) is 23.0 Å². The Morgan fingerprint density at radius 3 is 2.34 bits per heavy atom. The third kappa shape index (κ3) is 5.38. The number of hydrogen-bond donors (Lipinski definition) is 2. The van der Waals surface area contributed by atoms with Crippen LogP contribution in [0.15, 0.2) is 89.8 Å². The second-order valence-electron chi connectivity index (χ2n) is 7.65. The number of carbonyl (C=O) groups excluding carboxylic acids is 1. The lowest BCUT2D eigenvalue weighted by molar-refractivity contribution is 0.262. The number of anilines is 2. The van der Waals surface area contributed by atoms with Gasteiger partial charge < -0.3 is 19.7 Å². The summed E-state index contributed by atoms with van der Waals surface area (Å²) in [5.74, 6) is -0.245. The molecule has 0 aliphatic carbocycles. The van der Waals surface area contributed by atoms with E-state index in [1.165, 1.54) is 36.4 Å². The van der Waals surface area contributed by atoms with Crippen molar-refractivity contribution in [2.45, 2.75) is 6.54 Å². The summed E-state index contributed by atoms with van der Waals surface area (Å²) in [6, 6.07) is 18.3. The molecule has 0 bridgehead atoms. The predicted molar refractivity (Wildman–Crippen MR) is 125 cm³/mol. The summed E-state index contributed by atoms with van der Waals surface area (Å²) in [6.07, 6.45) is 3.41. The summed E-state index contributed by atoms with van der Waals surface area (Å²) in [6.45, 7) is 0.528. The molecule has 0 atom stereocenters. The average Bonchev–Trinajstić information content (AvgIpc) is 3.52. The molecule has 5 rings (SSSR count). The standard InChI is InChI=1S/C25H18F2N6O2/c26-18-6-10-21(11-7-18)30-25(34)29-20-8-4-16(5-9-20)13-33-14-22(28-15-33)24-31-23(32-35-24)17-2-1-3-19(27)12-17/h1-12,14-15H,13H2,(H2,29,30,34). The van der Waals surface area contributed by atoms with E-state index in [0.717, 1.165) is 5.56 Å². The highest BCUT2D eigenvalue weighted by molar-refractivity contribution is 5.99. The molecule has 10 heteroatoms. The number of hydrogen-bond acceptors (Lipinski definition) is 5. The van der Waals surface area contributed by atoms with Crippen molar-refractivity contribution in [2.24, 2.45) is 0 Å². The second kappa shape index (κ2) is 9.56. The monoisotopic (exact) mass is 472 g/mol. The summed E-state index contributed by atoms with van der Waals surface area (Å²) >= 11 is 0. The van der Waals surface area contributed by atoms with Gasteiger partial charge in [0.1, 0.15) is 17.3 Å². The van der Waals surface area contributed by atoms with E-state index in [1.807, 2.05) is 16.7 Å². The fourth-order valence-corrected chi connectivity index (χ4v) is 3.36. The maximum Gasteiger partial charge on any atom is 0.323 e. The number of rotatable bonds is 6. The fourth-order valence-electron chi connectivity index (χ4n) is 3.36. The van der Waals surface area contributed by atoms with E-state index in [-0.39, 0.29) is 23.3 Å². The number of amides is 2. The van der Waals surface area contributed by atoms with Crippen LogP contribution in [0.5, 0.6) is 0 Å². The zero-order valence-corrected chi connectivity index (χ0v) is 18.2. The van der Waals surface area contributed by atoms with Crippen LogP contribution in [0.1, 0.15) is 5.56 Å². The molecule has 174 valence electrons. The molecule has 0 radical (unpaired) electrons. The number of halogens is 2. The van der Waals surface area contributed by atoms with Crippen LogP contribution < -0.4 is 10.6 Å². The van der Waals surface area contributed by atoms with E-state index < -0.39 is 6.03 Å². The highest BCUT2D eigenvalue weighted by Crippen LogP contribution is 2.22. The molecular formula is C25H18F2N6O2. The maximum atomic E-state index is 13.4. The van der Waals surface area contributed by atoms with Crippen molar-refractivity contribution < 1.29 is 18.1 Å². The van der Waals surface area contributed by atoms with E-state index in [4.69, 9.17) is 4.52 Å². The fraction of sp³-hybridized carbons (Fsp3) is 0.0400. The Labute approximate surface area is 198 Å². The van der Waals surface area contributed by atoms with Crippen molar-refractivity contribution in [3.63, 3.8) is 0 Å². The highest BCUT2D eigenvalue weighted by Gasteiger charge is 2.14. The first kappa shape index (κ1) is 22.0. The smallest absolute Gasteiger partial charge is 0.323 e. The lowest BCUT2D eigenvalue weighted by atomic mass is 10.2. The Morgan fingerprint density at radius 1 is 0.914 bits per heavy atom. The second-order valence-corrected chi connectivity index (χ2v) is 7.65. The van der Waals surface area contributed by atoms with Crippen LogP contribution in [0.4, 0.5) is 25.0 Å². The molecule has 0 saturated carbocycles. The molecule has 2 aromatic heterocycles. The normalized spacial score (nSPS) is 10.8. The molecule has 0 spiro atoms. The number of benzene rings is 3. The van der Waals surface area contributed by atoms with Crippen LogP contribution in [0, 0.1) is 11.6 Å². The molecule has 0 aliphatic rings. The minimum absolute atomic E-state index is 0.231. The lowest BCUT2D eigenvalue weighted by Crippen LogP contribution is -2.19. The summed E-state index contributed by atoms with van der Waals surface area (Å²) < 4.78 is 33.6. The number of nitrogens with zero attached hydrogens (tertiary/aromatic N) is 4. The molecule has 8 nitrogen and oxygen atoms in total. The van der Waals surface area contributed by atoms with Crippen molar-refractivity contribution in [1.29, 1.82) is 0 Å². The first-order valence-corrected chi connectivity index (χ1v) is 10.6. The quantitative estimate of drug-likeness (QED) is 0.337. The van der Waals surface area contributed by atoms with Crippen molar-refractivity contribution in [2.75, 3.05) is 10.6 Å². The van der Waals surface area contributed by atoms with E-state index in [2.05, 4.69) is 25.8 Å². The number of aromatic nitrogens is 4. The molecule has 3 aromatic carbocycles. The summed E-state index contributed by atoms with van der Waals surface area (Å²) in [7, 11) is 0. The van der Waals surface area contributed by atoms with Crippen LogP contribution >= 0.6 is 0 Å². The molecule has 0 aliphatic heterocycles. The Kier molecular flexibility index (Phi) is 6.00. The van der Waals surface area contributed by atoms with Crippen molar-refractivity contribution in [3.8, 4) is 23.0 Å². The van der Waals surface area contributed by atoms with Gasteiger partial charge in [0.15, 0.2) is 0 Å². The van der Waals surface area contributed by atoms with Crippen LogP contribution in [-0.2, 0) is 6.54 Å². The maximum absolute atomic E-state index is 13.4. The largest absolute Gasteiger partial charge is 0.332 e. The number of nitrogens with one attached hydrogen (secondary N) is 2. The third-order valence-electron chi connectivity index (χ3n) is 5.04. The third-order valence-corrected chi connectivity index (χ3v) is 5.04. The minimum Gasteiger partial charge on any atom is -0.332 e. The van der Waals surface area contributed by atoms with Crippen molar-refractivity contribution >= 4 is 17.4 Å². The SMILES string of the molecule is O=C(Nc1ccc(F)cc1)Nc1ccc(Cn2cnc(-c3nc(-c4cccc(F)c4)no3)c2)cc1. The Bertz CT molecular complexity index is 1460. The lowest BCUT2D eigenvalue weighted by Gasteiger charge is -2.09. The van der Waals surface area contributed by atoms with Gasteiger partial charge in [-0.2, -0.15) is 4.98 Å². The topological polar surface area (TPSA) is 97.9 Å². The van der Waals surface area contributed by atoms with Gasteiger partial charge in [0.2, 0.25) is 5.82 Å². The number of imidazole rings is 1. The highest BCUT2D eigenvalue weighted by atomic mass is 19.1. The van der Waals surface area contributed by atoms with Gasteiger partial charge in [-0.1, -0.05) is 29.4 Å². The molecule has 35 heavy (non-hydrogen) atoms. The van der Waals surface area contributed by atoms with Gasteiger partial charge in [0.25, 0.3) is 5.89 Å². The Morgan fingerprint density at radius 2 is 1.63 bits per heavy atom. The van der Waals surface area contributed by atoms with Gasteiger partial charge >= 0.3 is 6.03 Å². The van der Waals surface area contributed by atoms with Gasteiger partial charge in [-0.3, -0.25) is 0 Å².